The molecule has 0 saturated heterocycles. The minimum atomic E-state index is 0.210. The molecule has 0 bridgehead atoms. The topological polar surface area (TPSA) is 36.4 Å². The van der Waals surface area contributed by atoms with Crippen LogP contribution in [-0.2, 0) is 0 Å². The molecule has 21 heavy (non-hydrogen) atoms. The van der Waals surface area contributed by atoms with Gasteiger partial charge in [-0.25, -0.2) is 0 Å². The summed E-state index contributed by atoms with van der Waals surface area (Å²) in [4.78, 5) is 5.58. The van der Waals surface area contributed by atoms with Crippen LogP contribution in [0.25, 0.3) is 0 Å². The maximum Gasteiger partial charge on any atom is 0.191 e. The van der Waals surface area contributed by atoms with Gasteiger partial charge in [0.1, 0.15) is 0 Å². The molecule has 1 aromatic carbocycles. The first-order valence-electron chi connectivity index (χ1n) is 7.18. The molecule has 3 nitrogen and oxygen atoms in total. The van der Waals surface area contributed by atoms with Gasteiger partial charge in [-0.15, -0.1) is 11.8 Å². The molecule has 0 aliphatic carbocycles. The van der Waals surface area contributed by atoms with E-state index in [1.807, 2.05) is 36.6 Å². The lowest BCUT2D eigenvalue weighted by molar-refractivity contribution is 0.664. The fourth-order valence-electron chi connectivity index (χ4n) is 1.60. The standard InChI is InChI=1S/C16H27N3S2/c1-13(21-14-9-7-6-8-10-14)11-18-15(17-4)19-12-16(2,3)20-5/h6-10,13H,11-12H2,1-5H3,(H2,17,18,19). The van der Waals surface area contributed by atoms with Crippen LogP contribution in [0.5, 0.6) is 0 Å². The Bertz CT molecular complexity index is 432. The molecular formula is C16H27N3S2. The summed E-state index contributed by atoms with van der Waals surface area (Å²) in [6, 6.07) is 10.5. The lowest BCUT2D eigenvalue weighted by Crippen LogP contribution is -2.44. The van der Waals surface area contributed by atoms with E-state index in [9.17, 15) is 0 Å². The zero-order valence-corrected chi connectivity index (χ0v) is 15.3. The van der Waals surface area contributed by atoms with Gasteiger partial charge in [-0.05, 0) is 32.2 Å². The smallest absolute Gasteiger partial charge is 0.191 e. The van der Waals surface area contributed by atoms with Gasteiger partial charge >= 0.3 is 0 Å². The van der Waals surface area contributed by atoms with Crippen LogP contribution >= 0.6 is 23.5 Å². The van der Waals surface area contributed by atoms with E-state index in [2.05, 4.69) is 66.9 Å². The quantitative estimate of drug-likeness (QED) is 0.457. The van der Waals surface area contributed by atoms with Crippen molar-refractivity contribution >= 4 is 29.5 Å². The Morgan fingerprint density at radius 2 is 1.90 bits per heavy atom. The second-order valence-corrected chi connectivity index (χ2v) is 8.54. The second kappa shape index (κ2) is 9.26. The van der Waals surface area contributed by atoms with Gasteiger partial charge in [-0.2, -0.15) is 11.8 Å². The number of thioether (sulfide) groups is 2. The average molecular weight is 326 g/mol. The molecular weight excluding hydrogens is 298 g/mol. The van der Waals surface area contributed by atoms with Gasteiger partial charge in [0.15, 0.2) is 5.96 Å². The number of guanidine groups is 1. The molecule has 0 fully saturated rings. The molecule has 2 N–H and O–H groups in total. The second-order valence-electron chi connectivity index (χ2n) is 5.51. The van der Waals surface area contributed by atoms with Crippen molar-refractivity contribution in [3.63, 3.8) is 0 Å². The van der Waals surface area contributed by atoms with Crippen LogP contribution in [0.2, 0.25) is 0 Å². The summed E-state index contributed by atoms with van der Waals surface area (Å²) in [7, 11) is 1.82. The number of aliphatic imine (C=N–C) groups is 1. The summed E-state index contributed by atoms with van der Waals surface area (Å²) in [5.41, 5.74) is 0. The highest BCUT2D eigenvalue weighted by atomic mass is 32.2. The Labute approximate surface area is 137 Å². The Kier molecular flexibility index (Phi) is 8.04. The van der Waals surface area contributed by atoms with Crippen LogP contribution in [0, 0.1) is 0 Å². The number of nitrogens with zero attached hydrogens (tertiary/aromatic N) is 1. The van der Waals surface area contributed by atoms with E-state index in [-0.39, 0.29) is 4.75 Å². The Morgan fingerprint density at radius 1 is 1.24 bits per heavy atom. The molecule has 0 aliphatic heterocycles. The van der Waals surface area contributed by atoms with E-state index < -0.39 is 0 Å². The van der Waals surface area contributed by atoms with Crippen LogP contribution < -0.4 is 10.6 Å². The van der Waals surface area contributed by atoms with Gasteiger partial charge < -0.3 is 10.6 Å². The highest BCUT2D eigenvalue weighted by Gasteiger charge is 2.16. The molecule has 0 amide bonds. The van der Waals surface area contributed by atoms with E-state index in [1.165, 1.54) is 4.90 Å². The highest BCUT2D eigenvalue weighted by molar-refractivity contribution is 8.00. The van der Waals surface area contributed by atoms with Gasteiger partial charge in [0.25, 0.3) is 0 Å². The van der Waals surface area contributed by atoms with E-state index in [1.54, 1.807) is 0 Å². The third kappa shape index (κ3) is 7.67. The summed E-state index contributed by atoms with van der Waals surface area (Å²) >= 11 is 3.73. The zero-order chi connectivity index (χ0) is 15.7. The molecule has 1 atom stereocenters. The Hall–Kier alpha value is -0.810. The molecule has 5 heteroatoms. The minimum absolute atomic E-state index is 0.210. The first kappa shape index (κ1) is 18.2. The molecule has 0 heterocycles. The summed E-state index contributed by atoms with van der Waals surface area (Å²) in [6.45, 7) is 8.47. The number of hydrogen-bond acceptors (Lipinski definition) is 3. The highest BCUT2D eigenvalue weighted by Crippen LogP contribution is 2.22. The molecule has 118 valence electrons. The molecule has 1 aromatic rings. The Morgan fingerprint density at radius 3 is 2.48 bits per heavy atom. The number of nitrogens with one attached hydrogen (secondary N) is 2. The normalized spacial score (nSPS) is 13.9. The number of benzene rings is 1. The summed E-state index contributed by atoms with van der Waals surface area (Å²) < 4.78 is 0.210. The number of hydrogen-bond donors (Lipinski definition) is 2. The van der Waals surface area contributed by atoms with Crippen molar-refractivity contribution < 1.29 is 0 Å². The van der Waals surface area contributed by atoms with Crippen LogP contribution in [-0.4, -0.2) is 42.3 Å². The van der Waals surface area contributed by atoms with Gasteiger partial charge in [-0.1, -0.05) is 25.1 Å². The summed E-state index contributed by atoms with van der Waals surface area (Å²) in [6.07, 6.45) is 2.14. The van der Waals surface area contributed by atoms with Crippen molar-refractivity contribution in [3.8, 4) is 0 Å². The van der Waals surface area contributed by atoms with E-state index >= 15 is 0 Å². The van der Waals surface area contributed by atoms with Crippen LogP contribution in [0.4, 0.5) is 0 Å². The molecule has 0 saturated carbocycles. The summed E-state index contributed by atoms with van der Waals surface area (Å²) in [5.74, 6) is 0.873. The molecule has 1 rings (SSSR count). The van der Waals surface area contributed by atoms with E-state index in [0.717, 1.165) is 19.0 Å². The monoisotopic (exact) mass is 325 g/mol. The first-order valence-corrected chi connectivity index (χ1v) is 9.28. The lowest BCUT2D eigenvalue weighted by Gasteiger charge is -2.24. The number of rotatable bonds is 7. The first-order chi connectivity index (χ1) is 9.96. The van der Waals surface area contributed by atoms with Gasteiger partial charge in [0, 0.05) is 35.0 Å². The SMILES string of the molecule is CN=C(NCC(C)Sc1ccccc1)NCC(C)(C)SC. The fraction of sp³-hybridized carbons (Fsp3) is 0.562. The van der Waals surface area contributed by atoms with Crippen molar-refractivity contribution in [1.29, 1.82) is 0 Å². The van der Waals surface area contributed by atoms with Crippen molar-refractivity contribution in [2.24, 2.45) is 4.99 Å². The predicted molar refractivity (Wildman–Crippen MR) is 98.7 cm³/mol. The van der Waals surface area contributed by atoms with E-state index in [0.29, 0.717) is 5.25 Å². The lowest BCUT2D eigenvalue weighted by atomic mass is 10.2. The largest absolute Gasteiger partial charge is 0.355 e. The van der Waals surface area contributed by atoms with Gasteiger partial charge in [0.05, 0.1) is 0 Å². The molecule has 0 aliphatic rings. The van der Waals surface area contributed by atoms with Crippen molar-refractivity contribution in [1.82, 2.24) is 10.6 Å². The van der Waals surface area contributed by atoms with Crippen LogP contribution in [0.1, 0.15) is 20.8 Å². The summed E-state index contributed by atoms with van der Waals surface area (Å²) in [5, 5.41) is 7.27. The van der Waals surface area contributed by atoms with Gasteiger partial charge in [0.2, 0.25) is 0 Å². The average Bonchev–Trinajstić information content (AvgIpc) is 2.48. The molecule has 0 radical (unpaired) electrons. The van der Waals surface area contributed by atoms with Crippen molar-refractivity contribution in [3.05, 3.63) is 30.3 Å². The fourth-order valence-corrected chi connectivity index (χ4v) is 2.76. The van der Waals surface area contributed by atoms with Crippen LogP contribution in [0.3, 0.4) is 0 Å². The minimum Gasteiger partial charge on any atom is -0.355 e. The third-order valence-corrected chi connectivity index (χ3v) is 5.46. The molecule has 1 unspecified atom stereocenters. The molecule has 0 aromatic heterocycles. The predicted octanol–water partition coefficient (Wildman–Crippen LogP) is 3.47. The Balaban J connectivity index is 2.35. The molecule has 0 spiro atoms. The third-order valence-electron chi connectivity index (χ3n) is 3.10. The zero-order valence-electron chi connectivity index (χ0n) is 13.6. The van der Waals surface area contributed by atoms with Crippen molar-refractivity contribution in [2.45, 2.75) is 35.7 Å². The maximum atomic E-state index is 4.28. The maximum absolute atomic E-state index is 4.28. The van der Waals surface area contributed by atoms with Gasteiger partial charge in [-0.3, -0.25) is 4.99 Å². The van der Waals surface area contributed by atoms with E-state index in [4.69, 9.17) is 0 Å². The van der Waals surface area contributed by atoms with Crippen molar-refractivity contribution in [2.75, 3.05) is 26.4 Å². The van der Waals surface area contributed by atoms with Crippen LogP contribution in [0.15, 0.2) is 40.2 Å².